The van der Waals surface area contributed by atoms with Gasteiger partial charge in [0.1, 0.15) is 0 Å². The van der Waals surface area contributed by atoms with Crippen LogP contribution in [0.2, 0.25) is 0 Å². The van der Waals surface area contributed by atoms with E-state index in [-0.39, 0.29) is 23.7 Å². The third-order valence-electron chi connectivity index (χ3n) is 5.27. The molecule has 2 heterocycles. The van der Waals surface area contributed by atoms with Crippen molar-refractivity contribution in [3.05, 3.63) is 23.7 Å². The van der Waals surface area contributed by atoms with Gasteiger partial charge in [0.05, 0.1) is 11.8 Å². The van der Waals surface area contributed by atoms with Gasteiger partial charge in [0.25, 0.3) is 0 Å². The van der Waals surface area contributed by atoms with E-state index in [1.165, 1.54) is 22.7 Å². The minimum Gasteiger partial charge on any atom is -0.274 e. The van der Waals surface area contributed by atoms with Crippen LogP contribution in [0.15, 0.2) is 23.7 Å². The molecule has 2 bridgehead atoms. The lowest BCUT2D eigenvalue weighted by Crippen LogP contribution is -2.40. The summed E-state index contributed by atoms with van der Waals surface area (Å²) >= 11 is 1.36. The summed E-state index contributed by atoms with van der Waals surface area (Å²) in [6.45, 7) is 0. The highest BCUT2D eigenvalue weighted by Crippen LogP contribution is 2.65. The first-order chi connectivity index (χ1) is 9.27. The minimum absolute atomic E-state index is 0.0188. The lowest BCUT2D eigenvalue weighted by Gasteiger charge is -2.37. The Morgan fingerprint density at radius 2 is 1.74 bits per heavy atom. The van der Waals surface area contributed by atoms with Crippen molar-refractivity contribution in [1.29, 1.82) is 0 Å². The number of thiazole rings is 1. The van der Waals surface area contributed by atoms with E-state index in [0.717, 1.165) is 0 Å². The molecule has 0 spiro atoms. The number of amides is 2. The quantitative estimate of drug-likeness (QED) is 0.577. The molecule has 0 N–H and O–H groups in total. The van der Waals surface area contributed by atoms with Crippen molar-refractivity contribution >= 4 is 28.3 Å². The van der Waals surface area contributed by atoms with Crippen molar-refractivity contribution in [2.45, 2.75) is 6.42 Å². The van der Waals surface area contributed by atoms with Crippen LogP contribution in [-0.4, -0.2) is 16.8 Å². The van der Waals surface area contributed by atoms with Crippen molar-refractivity contribution < 1.29 is 9.59 Å². The zero-order valence-corrected chi connectivity index (χ0v) is 10.9. The van der Waals surface area contributed by atoms with Crippen LogP contribution >= 0.6 is 11.3 Å². The number of hydrogen-bond acceptors (Lipinski definition) is 4. The van der Waals surface area contributed by atoms with Crippen molar-refractivity contribution in [3.8, 4) is 0 Å². The lowest BCUT2D eigenvalue weighted by atomic mass is 9.63. The van der Waals surface area contributed by atoms with Gasteiger partial charge in [-0.3, -0.25) is 9.59 Å². The zero-order chi connectivity index (χ0) is 12.7. The van der Waals surface area contributed by atoms with Gasteiger partial charge in [0.2, 0.25) is 11.8 Å². The number of carbonyl (C=O) groups excluding carboxylic acids is 2. The van der Waals surface area contributed by atoms with Gasteiger partial charge in [0.15, 0.2) is 5.13 Å². The fourth-order valence-corrected chi connectivity index (χ4v) is 5.12. The molecule has 0 unspecified atom stereocenters. The molecule has 0 aromatic carbocycles. The Hall–Kier alpha value is -1.49. The van der Waals surface area contributed by atoms with E-state index >= 15 is 0 Å². The third kappa shape index (κ3) is 1.09. The first-order valence-electron chi connectivity index (χ1n) is 6.73. The van der Waals surface area contributed by atoms with Gasteiger partial charge in [-0.25, -0.2) is 9.88 Å². The molecule has 5 heteroatoms. The molecule has 96 valence electrons. The second-order valence-corrected chi connectivity index (χ2v) is 6.85. The summed E-state index contributed by atoms with van der Waals surface area (Å²) in [5.74, 6) is 1.63. The number of imide groups is 1. The molecule has 19 heavy (non-hydrogen) atoms. The van der Waals surface area contributed by atoms with E-state index in [9.17, 15) is 9.59 Å². The summed E-state index contributed by atoms with van der Waals surface area (Å²) in [6.07, 6.45) is 7.23. The highest BCUT2D eigenvalue weighted by molar-refractivity contribution is 7.14. The van der Waals surface area contributed by atoms with Crippen LogP contribution in [0.5, 0.6) is 0 Å². The molecule has 1 aliphatic heterocycles. The average Bonchev–Trinajstić information content (AvgIpc) is 3.01. The first-order valence-corrected chi connectivity index (χ1v) is 7.61. The van der Waals surface area contributed by atoms with Gasteiger partial charge in [-0.1, -0.05) is 12.2 Å². The first kappa shape index (κ1) is 10.3. The zero-order valence-electron chi connectivity index (χ0n) is 10.1. The van der Waals surface area contributed by atoms with Crippen LogP contribution in [0.25, 0.3) is 0 Å². The normalized spacial score (nSPS) is 45.6. The maximum atomic E-state index is 12.6. The fraction of sp³-hybridized carbons (Fsp3) is 0.500. The number of anilines is 1. The second kappa shape index (κ2) is 3.15. The topological polar surface area (TPSA) is 50.3 Å². The van der Waals surface area contributed by atoms with Gasteiger partial charge < -0.3 is 0 Å². The third-order valence-corrected chi connectivity index (χ3v) is 6.03. The maximum Gasteiger partial charge on any atom is 0.240 e. The number of nitrogens with zero attached hydrogens (tertiary/aromatic N) is 2. The Morgan fingerprint density at radius 3 is 2.26 bits per heavy atom. The molecule has 1 saturated heterocycles. The number of carbonyl (C=O) groups is 2. The van der Waals surface area contributed by atoms with Crippen LogP contribution in [-0.2, 0) is 9.59 Å². The Bertz CT molecular complexity index is 587. The Kier molecular flexibility index (Phi) is 1.71. The largest absolute Gasteiger partial charge is 0.274 e. The predicted octanol–water partition coefficient (Wildman–Crippen LogP) is 1.70. The van der Waals surface area contributed by atoms with E-state index in [1.54, 1.807) is 6.20 Å². The highest BCUT2D eigenvalue weighted by atomic mass is 32.1. The lowest BCUT2D eigenvalue weighted by molar-refractivity contribution is -0.124. The molecule has 6 atom stereocenters. The van der Waals surface area contributed by atoms with Crippen LogP contribution in [0.4, 0.5) is 5.13 Å². The van der Waals surface area contributed by atoms with Crippen molar-refractivity contribution in [2.75, 3.05) is 4.90 Å². The van der Waals surface area contributed by atoms with Crippen LogP contribution in [0.3, 0.4) is 0 Å². The molecular formula is C14H12N2O2S. The average molecular weight is 272 g/mol. The molecule has 2 amide bonds. The summed E-state index contributed by atoms with van der Waals surface area (Å²) in [5.41, 5.74) is 0. The van der Waals surface area contributed by atoms with E-state index in [4.69, 9.17) is 0 Å². The molecule has 5 aliphatic rings. The van der Waals surface area contributed by atoms with E-state index in [2.05, 4.69) is 17.1 Å². The number of aromatic nitrogens is 1. The molecule has 1 aromatic rings. The summed E-state index contributed by atoms with van der Waals surface area (Å²) < 4.78 is 0. The van der Waals surface area contributed by atoms with Crippen molar-refractivity contribution in [1.82, 2.24) is 4.98 Å². The molecule has 4 aliphatic carbocycles. The SMILES string of the molecule is O=C1[C@@H]2[C@H]3C=C[C@@H]([C@@H]4C[C@H]34)[C@@H]2C(=O)N1c1nccs1. The number of hydrogen-bond donors (Lipinski definition) is 0. The molecule has 0 radical (unpaired) electrons. The monoisotopic (exact) mass is 272 g/mol. The second-order valence-electron chi connectivity index (χ2n) is 5.98. The van der Waals surface area contributed by atoms with Gasteiger partial charge in [-0.2, -0.15) is 0 Å². The maximum absolute atomic E-state index is 12.6. The standard InChI is InChI=1S/C14H12N2O2S/c17-12-10-6-1-2-7(9-5-8(6)9)11(10)13(18)16(12)14-15-3-4-19-14/h1-4,6-11H,5H2/t6-,7-,8-,9+,10-,11+/m0/s1. The number of rotatable bonds is 1. The van der Waals surface area contributed by atoms with Gasteiger partial charge in [-0.05, 0) is 30.1 Å². The Morgan fingerprint density at radius 1 is 1.11 bits per heavy atom. The fourth-order valence-electron chi connectivity index (χ4n) is 4.47. The molecular weight excluding hydrogens is 260 g/mol. The van der Waals surface area contributed by atoms with E-state index in [1.807, 2.05) is 5.38 Å². The minimum atomic E-state index is -0.116. The smallest absolute Gasteiger partial charge is 0.240 e. The summed E-state index contributed by atoms with van der Waals surface area (Å²) in [4.78, 5) is 30.8. The van der Waals surface area contributed by atoms with Crippen LogP contribution < -0.4 is 4.90 Å². The molecule has 6 rings (SSSR count). The van der Waals surface area contributed by atoms with Crippen molar-refractivity contribution in [2.24, 2.45) is 35.5 Å². The van der Waals surface area contributed by atoms with Gasteiger partial charge in [-0.15, -0.1) is 11.3 Å². The van der Waals surface area contributed by atoms with Crippen LogP contribution in [0.1, 0.15) is 6.42 Å². The Balaban J connectivity index is 1.62. The van der Waals surface area contributed by atoms with Gasteiger partial charge in [0, 0.05) is 11.6 Å². The highest BCUT2D eigenvalue weighted by Gasteiger charge is 2.67. The predicted molar refractivity (Wildman–Crippen MR) is 69.3 cm³/mol. The number of allylic oxidation sites excluding steroid dienone is 2. The molecule has 3 fully saturated rings. The summed E-state index contributed by atoms with van der Waals surface area (Å²) in [7, 11) is 0. The Labute approximate surface area is 114 Å². The molecule has 1 aromatic heterocycles. The summed E-state index contributed by atoms with van der Waals surface area (Å²) in [5, 5.41) is 2.35. The van der Waals surface area contributed by atoms with E-state index < -0.39 is 0 Å². The molecule has 4 nitrogen and oxygen atoms in total. The van der Waals surface area contributed by atoms with E-state index in [0.29, 0.717) is 28.8 Å². The van der Waals surface area contributed by atoms with Crippen LogP contribution in [0, 0.1) is 35.5 Å². The van der Waals surface area contributed by atoms with Crippen molar-refractivity contribution in [3.63, 3.8) is 0 Å². The molecule has 2 saturated carbocycles. The van der Waals surface area contributed by atoms with Gasteiger partial charge >= 0.3 is 0 Å². The summed E-state index contributed by atoms with van der Waals surface area (Å²) in [6, 6.07) is 0.